The fourth-order valence-electron chi connectivity index (χ4n) is 2.84. The van der Waals surface area contributed by atoms with Crippen molar-refractivity contribution in [3.05, 3.63) is 17.5 Å². The predicted octanol–water partition coefficient (Wildman–Crippen LogP) is 1.48. The lowest BCUT2D eigenvalue weighted by molar-refractivity contribution is -0.136. The van der Waals surface area contributed by atoms with Crippen molar-refractivity contribution in [3.63, 3.8) is 0 Å². The lowest BCUT2D eigenvalue weighted by Gasteiger charge is -2.28. The van der Waals surface area contributed by atoms with Gasteiger partial charge in [0.25, 0.3) is 0 Å². The lowest BCUT2D eigenvalue weighted by atomic mass is 10.0. The summed E-state index contributed by atoms with van der Waals surface area (Å²) in [6.45, 7) is 1.60. The Morgan fingerprint density at radius 3 is 3.06 bits per heavy atom. The SMILES string of the molecule is O=C(C1CCCC1)N1CCc2[nH]ncc2C1. The van der Waals surface area contributed by atoms with E-state index in [0.717, 1.165) is 32.4 Å². The summed E-state index contributed by atoms with van der Waals surface area (Å²) >= 11 is 0. The van der Waals surface area contributed by atoms with Crippen LogP contribution >= 0.6 is 0 Å². The minimum absolute atomic E-state index is 0.299. The van der Waals surface area contributed by atoms with Crippen LogP contribution in [0.1, 0.15) is 36.9 Å². The minimum atomic E-state index is 0.299. The van der Waals surface area contributed by atoms with E-state index in [1.165, 1.54) is 24.1 Å². The molecule has 1 aromatic heterocycles. The molecule has 0 radical (unpaired) electrons. The molecule has 0 saturated heterocycles. The van der Waals surface area contributed by atoms with Crippen molar-refractivity contribution in [2.24, 2.45) is 5.92 Å². The van der Waals surface area contributed by atoms with Gasteiger partial charge in [0.15, 0.2) is 0 Å². The van der Waals surface area contributed by atoms with Crippen LogP contribution in [0, 0.1) is 5.92 Å². The standard InChI is InChI=1S/C12H17N3O/c16-12(9-3-1-2-4-9)15-6-5-11-10(8-15)7-13-14-11/h7,9H,1-6,8H2,(H,13,14). The van der Waals surface area contributed by atoms with Crippen molar-refractivity contribution >= 4 is 5.91 Å². The summed E-state index contributed by atoms with van der Waals surface area (Å²) < 4.78 is 0. The maximum atomic E-state index is 12.2. The number of carbonyl (C=O) groups is 1. The molecule has 0 unspecified atom stereocenters. The molecule has 4 heteroatoms. The first kappa shape index (κ1) is 9.87. The zero-order chi connectivity index (χ0) is 11.0. The van der Waals surface area contributed by atoms with Crippen LogP contribution in [0.4, 0.5) is 0 Å². The van der Waals surface area contributed by atoms with Crippen LogP contribution in [-0.2, 0) is 17.8 Å². The Hall–Kier alpha value is -1.32. The molecular formula is C12H17N3O. The molecule has 2 aliphatic rings. The van der Waals surface area contributed by atoms with Gasteiger partial charge in [-0.25, -0.2) is 0 Å². The molecule has 1 N–H and O–H groups in total. The molecular weight excluding hydrogens is 202 g/mol. The first-order valence-electron chi connectivity index (χ1n) is 6.14. The number of nitrogens with one attached hydrogen (secondary N) is 1. The Labute approximate surface area is 95.0 Å². The second kappa shape index (κ2) is 3.92. The summed E-state index contributed by atoms with van der Waals surface area (Å²) in [6, 6.07) is 0. The Balaban J connectivity index is 1.71. The number of aromatic nitrogens is 2. The van der Waals surface area contributed by atoms with Gasteiger partial charge in [0.1, 0.15) is 0 Å². The van der Waals surface area contributed by atoms with Crippen molar-refractivity contribution in [1.29, 1.82) is 0 Å². The van der Waals surface area contributed by atoms with Crippen LogP contribution in [0.15, 0.2) is 6.20 Å². The Morgan fingerprint density at radius 2 is 2.25 bits per heavy atom. The van der Waals surface area contributed by atoms with E-state index in [0.29, 0.717) is 11.8 Å². The van der Waals surface area contributed by atoms with Crippen LogP contribution in [0.3, 0.4) is 0 Å². The van der Waals surface area contributed by atoms with E-state index < -0.39 is 0 Å². The number of carbonyl (C=O) groups excluding carboxylic acids is 1. The van der Waals surface area contributed by atoms with Crippen molar-refractivity contribution in [2.75, 3.05) is 6.54 Å². The van der Waals surface area contributed by atoms with E-state index in [-0.39, 0.29) is 0 Å². The summed E-state index contributed by atoms with van der Waals surface area (Å²) in [4.78, 5) is 14.2. The zero-order valence-corrected chi connectivity index (χ0v) is 9.41. The molecule has 0 bridgehead atoms. The van der Waals surface area contributed by atoms with E-state index in [2.05, 4.69) is 10.2 Å². The number of nitrogens with zero attached hydrogens (tertiary/aromatic N) is 2. The third-order valence-electron chi connectivity index (χ3n) is 3.82. The number of H-pyrrole nitrogens is 1. The topological polar surface area (TPSA) is 49.0 Å². The Morgan fingerprint density at radius 1 is 1.44 bits per heavy atom. The highest BCUT2D eigenvalue weighted by atomic mass is 16.2. The molecule has 0 aromatic carbocycles. The second-order valence-corrected chi connectivity index (χ2v) is 4.86. The summed E-state index contributed by atoms with van der Waals surface area (Å²) in [7, 11) is 0. The molecule has 3 rings (SSSR count). The summed E-state index contributed by atoms with van der Waals surface area (Å²) in [5.41, 5.74) is 2.40. The van der Waals surface area contributed by atoms with Crippen LogP contribution < -0.4 is 0 Å². The number of amides is 1. The molecule has 1 fully saturated rings. The van der Waals surface area contributed by atoms with Gasteiger partial charge in [-0.15, -0.1) is 0 Å². The number of hydrogen-bond donors (Lipinski definition) is 1. The predicted molar refractivity (Wildman–Crippen MR) is 59.7 cm³/mol. The third kappa shape index (κ3) is 1.62. The number of aromatic amines is 1. The molecule has 1 aliphatic heterocycles. The average Bonchev–Trinajstić information content (AvgIpc) is 2.98. The first-order chi connectivity index (χ1) is 7.84. The van der Waals surface area contributed by atoms with E-state index in [9.17, 15) is 4.79 Å². The van der Waals surface area contributed by atoms with Crippen molar-refractivity contribution in [2.45, 2.75) is 38.6 Å². The first-order valence-corrected chi connectivity index (χ1v) is 6.14. The van der Waals surface area contributed by atoms with Gasteiger partial charge in [0.2, 0.25) is 5.91 Å². The molecule has 1 amide bonds. The number of hydrogen-bond acceptors (Lipinski definition) is 2. The van der Waals surface area contributed by atoms with Gasteiger partial charge in [0, 0.05) is 36.7 Å². The number of rotatable bonds is 1. The van der Waals surface area contributed by atoms with E-state index >= 15 is 0 Å². The van der Waals surface area contributed by atoms with E-state index in [1.807, 2.05) is 11.1 Å². The smallest absolute Gasteiger partial charge is 0.225 e. The monoisotopic (exact) mass is 219 g/mol. The molecule has 16 heavy (non-hydrogen) atoms. The van der Waals surface area contributed by atoms with E-state index in [4.69, 9.17) is 0 Å². The highest BCUT2D eigenvalue weighted by Gasteiger charge is 2.29. The van der Waals surface area contributed by atoms with Gasteiger partial charge in [0.05, 0.1) is 6.20 Å². The third-order valence-corrected chi connectivity index (χ3v) is 3.82. The maximum absolute atomic E-state index is 12.2. The lowest BCUT2D eigenvalue weighted by Crippen LogP contribution is -2.38. The molecule has 0 spiro atoms. The molecule has 0 atom stereocenters. The van der Waals surface area contributed by atoms with Crippen LogP contribution in [0.5, 0.6) is 0 Å². The van der Waals surface area contributed by atoms with Gasteiger partial charge in [-0.05, 0) is 12.8 Å². The van der Waals surface area contributed by atoms with E-state index in [1.54, 1.807) is 0 Å². The summed E-state index contributed by atoms with van der Waals surface area (Å²) in [6.07, 6.45) is 7.40. The van der Waals surface area contributed by atoms with Gasteiger partial charge in [-0.1, -0.05) is 12.8 Å². The Kier molecular flexibility index (Phi) is 2.42. The normalized spacial score (nSPS) is 21.1. The van der Waals surface area contributed by atoms with Crippen LogP contribution in [0.2, 0.25) is 0 Å². The van der Waals surface area contributed by atoms with Gasteiger partial charge < -0.3 is 4.90 Å². The zero-order valence-electron chi connectivity index (χ0n) is 9.41. The fraction of sp³-hybridized carbons (Fsp3) is 0.667. The van der Waals surface area contributed by atoms with Crippen molar-refractivity contribution in [3.8, 4) is 0 Å². The highest BCUT2D eigenvalue weighted by molar-refractivity contribution is 5.79. The highest BCUT2D eigenvalue weighted by Crippen LogP contribution is 2.28. The Bertz CT molecular complexity index is 393. The molecule has 2 heterocycles. The van der Waals surface area contributed by atoms with Crippen molar-refractivity contribution in [1.82, 2.24) is 15.1 Å². The van der Waals surface area contributed by atoms with Gasteiger partial charge in [-0.3, -0.25) is 9.89 Å². The van der Waals surface area contributed by atoms with Gasteiger partial charge >= 0.3 is 0 Å². The molecule has 86 valence electrons. The quantitative estimate of drug-likeness (QED) is 0.777. The largest absolute Gasteiger partial charge is 0.338 e. The maximum Gasteiger partial charge on any atom is 0.225 e. The van der Waals surface area contributed by atoms with Gasteiger partial charge in [-0.2, -0.15) is 5.10 Å². The molecule has 4 nitrogen and oxygen atoms in total. The molecule has 1 saturated carbocycles. The number of fused-ring (bicyclic) bond motifs is 1. The van der Waals surface area contributed by atoms with Crippen LogP contribution in [0.25, 0.3) is 0 Å². The minimum Gasteiger partial charge on any atom is -0.338 e. The van der Waals surface area contributed by atoms with Crippen molar-refractivity contribution < 1.29 is 4.79 Å². The second-order valence-electron chi connectivity index (χ2n) is 4.86. The fourth-order valence-corrected chi connectivity index (χ4v) is 2.84. The summed E-state index contributed by atoms with van der Waals surface area (Å²) in [5.74, 6) is 0.665. The average molecular weight is 219 g/mol. The molecule has 1 aliphatic carbocycles. The summed E-state index contributed by atoms with van der Waals surface area (Å²) in [5, 5.41) is 7.03. The van der Waals surface area contributed by atoms with Crippen LogP contribution in [-0.4, -0.2) is 27.5 Å². The molecule has 1 aromatic rings.